The van der Waals surface area contributed by atoms with E-state index in [1.807, 2.05) is 24.3 Å². The van der Waals surface area contributed by atoms with Crippen LogP contribution in [0.4, 0.5) is 11.8 Å². The summed E-state index contributed by atoms with van der Waals surface area (Å²) in [6, 6.07) is 11.2. The van der Waals surface area contributed by atoms with Gasteiger partial charge in [0.2, 0.25) is 5.95 Å². The Bertz CT molecular complexity index is 1080. The first-order valence-electron chi connectivity index (χ1n) is 9.84. The number of aliphatic hydroxyl groups excluding tert-OH is 1. The normalized spacial score (nSPS) is 14.9. The standard InChI is InChI=1S/C22H21N5O3/c23-22-25-20(16-3-1-11-29-16)19(21(26-22)17-4-2-12-30-17)14-5-8-24-18(13-14)27-9-6-15(28)7-10-27/h1-5,8,11-13,15,28H,6-7,9-10H2,(H2,23,25,26). The van der Waals surface area contributed by atoms with Crippen molar-refractivity contribution in [3.63, 3.8) is 0 Å². The SMILES string of the molecule is Nc1nc(-c2ccco2)c(-c2ccnc(N3CCC(O)CC3)c2)c(-c2ccco2)n1. The van der Waals surface area contributed by atoms with Crippen LogP contribution in [0, 0.1) is 0 Å². The minimum Gasteiger partial charge on any atom is -0.463 e. The van der Waals surface area contributed by atoms with Gasteiger partial charge in [0.1, 0.15) is 17.2 Å². The minimum atomic E-state index is -0.244. The topological polar surface area (TPSA) is 114 Å². The van der Waals surface area contributed by atoms with E-state index in [2.05, 4.69) is 19.9 Å². The number of hydrogen-bond donors (Lipinski definition) is 2. The Kier molecular flexibility index (Phi) is 4.68. The van der Waals surface area contributed by atoms with Gasteiger partial charge in [-0.2, -0.15) is 0 Å². The molecule has 1 aliphatic heterocycles. The van der Waals surface area contributed by atoms with E-state index in [1.165, 1.54) is 0 Å². The molecule has 0 amide bonds. The van der Waals surface area contributed by atoms with E-state index in [9.17, 15) is 5.11 Å². The van der Waals surface area contributed by atoms with Crippen LogP contribution in [0.25, 0.3) is 34.0 Å². The molecule has 1 saturated heterocycles. The molecule has 0 bridgehead atoms. The molecule has 152 valence electrons. The van der Waals surface area contributed by atoms with Crippen LogP contribution >= 0.6 is 0 Å². The second kappa shape index (κ2) is 7.64. The van der Waals surface area contributed by atoms with Crippen molar-refractivity contribution in [1.82, 2.24) is 15.0 Å². The van der Waals surface area contributed by atoms with Gasteiger partial charge in [0, 0.05) is 24.8 Å². The molecule has 30 heavy (non-hydrogen) atoms. The predicted molar refractivity (Wildman–Crippen MR) is 113 cm³/mol. The van der Waals surface area contributed by atoms with E-state index < -0.39 is 0 Å². The van der Waals surface area contributed by atoms with Gasteiger partial charge in [0.05, 0.1) is 18.6 Å². The monoisotopic (exact) mass is 403 g/mol. The number of nitrogen functional groups attached to an aromatic ring is 1. The number of rotatable bonds is 4. The summed E-state index contributed by atoms with van der Waals surface area (Å²) in [6.45, 7) is 1.51. The fraction of sp³-hybridized carbons (Fsp3) is 0.227. The van der Waals surface area contributed by atoms with E-state index in [4.69, 9.17) is 14.6 Å². The molecule has 5 rings (SSSR count). The summed E-state index contributed by atoms with van der Waals surface area (Å²) in [6.07, 6.45) is 6.18. The maximum atomic E-state index is 9.82. The van der Waals surface area contributed by atoms with Crippen molar-refractivity contribution >= 4 is 11.8 Å². The molecule has 0 spiro atoms. The summed E-state index contributed by atoms with van der Waals surface area (Å²) < 4.78 is 11.3. The molecule has 0 saturated carbocycles. The first-order valence-corrected chi connectivity index (χ1v) is 9.84. The van der Waals surface area contributed by atoms with Gasteiger partial charge in [0.15, 0.2) is 11.5 Å². The Labute approximate surface area is 173 Å². The molecule has 0 radical (unpaired) electrons. The van der Waals surface area contributed by atoms with Crippen molar-refractivity contribution in [2.45, 2.75) is 18.9 Å². The highest BCUT2D eigenvalue weighted by Gasteiger charge is 2.23. The molecule has 1 fully saturated rings. The summed E-state index contributed by atoms with van der Waals surface area (Å²) in [5.41, 5.74) is 8.84. The largest absolute Gasteiger partial charge is 0.463 e. The molecule has 0 atom stereocenters. The van der Waals surface area contributed by atoms with Crippen LogP contribution in [0.3, 0.4) is 0 Å². The van der Waals surface area contributed by atoms with Crippen LogP contribution in [0.15, 0.2) is 64.0 Å². The Morgan fingerprint density at radius 3 is 2.17 bits per heavy atom. The molecular formula is C22H21N5O3. The Morgan fingerprint density at radius 2 is 1.60 bits per heavy atom. The van der Waals surface area contributed by atoms with Gasteiger partial charge >= 0.3 is 0 Å². The Balaban J connectivity index is 1.67. The van der Waals surface area contributed by atoms with Crippen LogP contribution < -0.4 is 10.6 Å². The molecule has 0 unspecified atom stereocenters. The van der Waals surface area contributed by atoms with Crippen LogP contribution in [0.5, 0.6) is 0 Å². The van der Waals surface area contributed by atoms with E-state index in [1.54, 1.807) is 30.9 Å². The number of nitrogens with zero attached hydrogens (tertiary/aromatic N) is 4. The zero-order valence-corrected chi connectivity index (χ0v) is 16.2. The number of aromatic nitrogens is 3. The number of hydrogen-bond acceptors (Lipinski definition) is 8. The van der Waals surface area contributed by atoms with E-state index in [-0.39, 0.29) is 12.1 Å². The first-order chi connectivity index (χ1) is 14.7. The molecule has 4 aromatic rings. The molecule has 3 N–H and O–H groups in total. The average Bonchev–Trinajstić information content (AvgIpc) is 3.48. The number of piperidine rings is 1. The fourth-order valence-corrected chi connectivity index (χ4v) is 3.78. The third-order valence-electron chi connectivity index (χ3n) is 5.26. The molecule has 4 aromatic heterocycles. The van der Waals surface area contributed by atoms with Crippen molar-refractivity contribution in [3.05, 3.63) is 55.1 Å². The highest BCUT2D eigenvalue weighted by atomic mass is 16.3. The molecule has 8 nitrogen and oxygen atoms in total. The zero-order valence-electron chi connectivity index (χ0n) is 16.2. The summed E-state index contributed by atoms with van der Waals surface area (Å²) in [4.78, 5) is 15.7. The second-order valence-electron chi connectivity index (χ2n) is 7.23. The maximum Gasteiger partial charge on any atom is 0.221 e. The molecule has 5 heterocycles. The third kappa shape index (κ3) is 3.42. The lowest BCUT2D eigenvalue weighted by atomic mass is 9.99. The molecular weight excluding hydrogens is 382 g/mol. The van der Waals surface area contributed by atoms with Crippen molar-refractivity contribution in [3.8, 4) is 34.0 Å². The highest BCUT2D eigenvalue weighted by molar-refractivity contribution is 5.89. The average molecular weight is 403 g/mol. The summed E-state index contributed by atoms with van der Waals surface area (Å²) in [7, 11) is 0. The molecule has 1 aliphatic rings. The summed E-state index contributed by atoms with van der Waals surface area (Å²) in [5.74, 6) is 2.15. The Hall–Kier alpha value is -3.65. The Morgan fingerprint density at radius 1 is 0.967 bits per heavy atom. The van der Waals surface area contributed by atoms with Gasteiger partial charge in [-0.1, -0.05) is 0 Å². The summed E-state index contributed by atoms with van der Waals surface area (Å²) >= 11 is 0. The van der Waals surface area contributed by atoms with Crippen molar-refractivity contribution in [2.75, 3.05) is 23.7 Å². The maximum absolute atomic E-state index is 9.82. The minimum absolute atomic E-state index is 0.135. The highest BCUT2D eigenvalue weighted by Crippen LogP contribution is 2.39. The van der Waals surface area contributed by atoms with Gasteiger partial charge < -0.3 is 24.6 Å². The van der Waals surface area contributed by atoms with Crippen LogP contribution in [-0.2, 0) is 0 Å². The van der Waals surface area contributed by atoms with E-state index in [0.717, 1.165) is 42.9 Å². The zero-order chi connectivity index (χ0) is 20.5. The molecule has 8 heteroatoms. The number of pyridine rings is 1. The van der Waals surface area contributed by atoms with Crippen LogP contribution in [0.1, 0.15) is 12.8 Å². The van der Waals surface area contributed by atoms with Crippen molar-refractivity contribution in [2.24, 2.45) is 0 Å². The lowest BCUT2D eigenvalue weighted by molar-refractivity contribution is 0.145. The number of aliphatic hydroxyl groups is 1. The van der Waals surface area contributed by atoms with Gasteiger partial charge in [-0.15, -0.1) is 0 Å². The van der Waals surface area contributed by atoms with E-state index in [0.29, 0.717) is 22.9 Å². The number of furan rings is 2. The molecule has 0 aliphatic carbocycles. The van der Waals surface area contributed by atoms with Gasteiger partial charge in [0.25, 0.3) is 0 Å². The summed E-state index contributed by atoms with van der Waals surface area (Å²) in [5, 5.41) is 9.82. The predicted octanol–water partition coefficient (Wildman–Crippen LogP) is 3.60. The fourth-order valence-electron chi connectivity index (χ4n) is 3.78. The van der Waals surface area contributed by atoms with Crippen molar-refractivity contribution < 1.29 is 13.9 Å². The van der Waals surface area contributed by atoms with Crippen LogP contribution in [-0.4, -0.2) is 39.3 Å². The third-order valence-corrected chi connectivity index (χ3v) is 5.26. The number of nitrogens with two attached hydrogens (primary N) is 1. The first kappa shape index (κ1) is 18.4. The van der Waals surface area contributed by atoms with E-state index >= 15 is 0 Å². The smallest absolute Gasteiger partial charge is 0.221 e. The van der Waals surface area contributed by atoms with Crippen LogP contribution in [0.2, 0.25) is 0 Å². The molecule has 0 aromatic carbocycles. The van der Waals surface area contributed by atoms with Gasteiger partial charge in [-0.3, -0.25) is 0 Å². The van der Waals surface area contributed by atoms with Crippen molar-refractivity contribution in [1.29, 1.82) is 0 Å². The van der Waals surface area contributed by atoms with Gasteiger partial charge in [-0.25, -0.2) is 15.0 Å². The lowest BCUT2D eigenvalue weighted by Gasteiger charge is -2.30. The lowest BCUT2D eigenvalue weighted by Crippen LogP contribution is -2.36. The quantitative estimate of drug-likeness (QED) is 0.531. The van der Waals surface area contributed by atoms with Gasteiger partial charge in [-0.05, 0) is 54.8 Å². The number of anilines is 2. The second-order valence-corrected chi connectivity index (χ2v) is 7.23.